The SMILES string of the molecule is O=C(Nc1cccn(CC(F)(F)F)c1=O)N1CCCC(c2nc3ccccc3[nH]2)C1. The standard InChI is InChI=1S/C20H20F3N5O2/c21-20(22,23)12-28-10-4-8-16(18(28)29)26-19(30)27-9-3-5-13(11-27)17-24-14-6-1-2-7-15(14)25-17/h1-2,4,6-8,10,13H,3,5,9,11-12H2,(H,24,25)(H,26,30). The zero-order valence-electron chi connectivity index (χ0n) is 15.9. The van der Waals surface area contributed by atoms with Crippen LogP contribution >= 0.6 is 0 Å². The number of rotatable bonds is 3. The van der Waals surface area contributed by atoms with Crippen LogP contribution in [0.2, 0.25) is 0 Å². The molecule has 1 atom stereocenters. The number of piperidine rings is 1. The van der Waals surface area contributed by atoms with Gasteiger partial charge in [0.25, 0.3) is 5.56 Å². The van der Waals surface area contributed by atoms with Crippen molar-refractivity contribution >= 4 is 22.8 Å². The number of likely N-dealkylation sites (tertiary alicyclic amines) is 1. The van der Waals surface area contributed by atoms with E-state index in [1.807, 2.05) is 24.3 Å². The molecular weight excluding hydrogens is 399 g/mol. The van der Waals surface area contributed by atoms with Crippen LogP contribution in [0.25, 0.3) is 11.0 Å². The number of benzene rings is 1. The van der Waals surface area contributed by atoms with E-state index in [0.717, 1.165) is 35.9 Å². The summed E-state index contributed by atoms with van der Waals surface area (Å²) in [6.07, 6.45) is -1.88. The molecule has 0 aliphatic carbocycles. The Morgan fingerprint density at radius 1 is 1.23 bits per heavy atom. The molecular formula is C20H20F3N5O2. The molecule has 2 N–H and O–H groups in total. The molecule has 30 heavy (non-hydrogen) atoms. The van der Waals surface area contributed by atoms with Crippen molar-refractivity contribution in [1.29, 1.82) is 0 Å². The van der Waals surface area contributed by atoms with Crippen LogP contribution in [-0.2, 0) is 6.54 Å². The summed E-state index contributed by atoms with van der Waals surface area (Å²) in [5, 5.41) is 2.46. The lowest BCUT2D eigenvalue weighted by atomic mass is 9.97. The number of carbonyl (C=O) groups excluding carboxylic acids is 1. The summed E-state index contributed by atoms with van der Waals surface area (Å²) in [5.74, 6) is 0.801. The smallest absolute Gasteiger partial charge is 0.342 e. The number of aromatic amines is 1. The molecule has 1 saturated heterocycles. The Morgan fingerprint density at radius 2 is 2.03 bits per heavy atom. The van der Waals surface area contributed by atoms with Gasteiger partial charge < -0.3 is 19.8 Å². The van der Waals surface area contributed by atoms with E-state index in [-0.39, 0.29) is 11.6 Å². The number of pyridine rings is 1. The lowest BCUT2D eigenvalue weighted by Gasteiger charge is -2.31. The molecule has 7 nitrogen and oxygen atoms in total. The predicted molar refractivity (Wildman–Crippen MR) is 105 cm³/mol. The fraction of sp³-hybridized carbons (Fsp3) is 0.350. The number of amides is 2. The lowest BCUT2D eigenvalue weighted by molar-refractivity contribution is -0.141. The summed E-state index contributed by atoms with van der Waals surface area (Å²) >= 11 is 0. The highest BCUT2D eigenvalue weighted by atomic mass is 19.4. The maximum Gasteiger partial charge on any atom is 0.406 e. The molecule has 2 aromatic heterocycles. The monoisotopic (exact) mass is 419 g/mol. The third-order valence-electron chi connectivity index (χ3n) is 5.11. The first-order valence-electron chi connectivity index (χ1n) is 9.57. The quantitative estimate of drug-likeness (QED) is 0.679. The number of H-pyrrole nitrogens is 1. The Labute approximate surface area is 169 Å². The topological polar surface area (TPSA) is 83.0 Å². The number of fused-ring (bicyclic) bond motifs is 1. The highest BCUT2D eigenvalue weighted by Gasteiger charge is 2.30. The maximum absolute atomic E-state index is 12.7. The Balaban J connectivity index is 1.47. The average molecular weight is 419 g/mol. The zero-order valence-corrected chi connectivity index (χ0v) is 15.9. The number of aromatic nitrogens is 3. The van der Waals surface area contributed by atoms with Crippen LogP contribution in [0.4, 0.5) is 23.7 Å². The third kappa shape index (κ3) is 4.32. The first-order chi connectivity index (χ1) is 14.3. The number of alkyl halides is 3. The number of urea groups is 1. The van der Waals surface area contributed by atoms with Crippen LogP contribution in [0.3, 0.4) is 0 Å². The van der Waals surface area contributed by atoms with Crippen LogP contribution in [0.15, 0.2) is 47.4 Å². The van der Waals surface area contributed by atoms with Gasteiger partial charge in [-0.15, -0.1) is 0 Å². The van der Waals surface area contributed by atoms with Crippen molar-refractivity contribution < 1.29 is 18.0 Å². The van der Waals surface area contributed by atoms with E-state index < -0.39 is 24.3 Å². The Kier molecular flexibility index (Phi) is 5.23. The first-order valence-corrected chi connectivity index (χ1v) is 9.57. The number of hydrogen-bond acceptors (Lipinski definition) is 3. The van der Waals surface area contributed by atoms with Crippen LogP contribution in [-0.4, -0.2) is 44.7 Å². The van der Waals surface area contributed by atoms with Gasteiger partial charge in [0.2, 0.25) is 0 Å². The fourth-order valence-electron chi connectivity index (χ4n) is 3.69. The molecule has 4 rings (SSSR count). The van der Waals surface area contributed by atoms with Crippen molar-refractivity contribution in [2.45, 2.75) is 31.5 Å². The van der Waals surface area contributed by atoms with E-state index in [0.29, 0.717) is 17.7 Å². The van der Waals surface area contributed by atoms with Gasteiger partial charge in [0.05, 0.1) is 11.0 Å². The molecule has 158 valence electrons. The summed E-state index contributed by atoms with van der Waals surface area (Å²) in [7, 11) is 0. The molecule has 2 amide bonds. The number of nitrogens with one attached hydrogen (secondary N) is 2. The molecule has 1 aromatic carbocycles. The summed E-state index contributed by atoms with van der Waals surface area (Å²) in [6, 6.07) is 9.74. The van der Waals surface area contributed by atoms with Crippen LogP contribution in [0, 0.1) is 0 Å². The van der Waals surface area contributed by atoms with Crippen LogP contribution in [0.5, 0.6) is 0 Å². The van der Waals surface area contributed by atoms with Crippen LogP contribution in [0.1, 0.15) is 24.6 Å². The number of hydrogen-bond donors (Lipinski definition) is 2. The van der Waals surface area contributed by atoms with Crippen molar-refractivity contribution in [3.63, 3.8) is 0 Å². The Hall–Kier alpha value is -3.30. The van der Waals surface area contributed by atoms with Crippen molar-refractivity contribution in [3.05, 3.63) is 58.8 Å². The highest BCUT2D eigenvalue weighted by Crippen LogP contribution is 2.27. The summed E-state index contributed by atoms with van der Waals surface area (Å²) < 4.78 is 38.4. The normalized spacial score (nSPS) is 17.3. The molecule has 1 aliphatic heterocycles. The van der Waals surface area contributed by atoms with E-state index in [2.05, 4.69) is 15.3 Å². The number of nitrogens with zero attached hydrogens (tertiary/aromatic N) is 3. The second-order valence-corrected chi connectivity index (χ2v) is 7.32. The summed E-state index contributed by atoms with van der Waals surface area (Å²) in [5.41, 5.74) is 0.693. The Morgan fingerprint density at radius 3 is 2.80 bits per heavy atom. The van der Waals surface area contributed by atoms with Gasteiger partial charge in [-0.1, -0.05) is 12.1 Å². The van der Waals surface area contributed by atoms with Crippen molar-refractivity contribution in [1.82, 2.24) is 19.4 Å². The minimum absolute atomic E-state index is 0.00885. The summed E-state index contributed by atoms with van der Waals surface area (Å²) in [6.45, 7) is -0.519. The predicted octanol–water partition coefficient (Wildman–Crippen LogP) is 3.70. The molecule has 10 heteroatoms. The minimum Gasteiger partial charge on any atom is -0.342 e. The second-order valence-electron chi connectivity index (χ2n) is 7.32. The largest absolute Gasteiger partial charge is 0.406 e. The second kappa shape index (κ2) is 7.85. The van der Waals surface area contributed by atoms with Gasteiger partial charge >= 0.3 is 12.2 Å². The molecule has 0 radical (unpaired) electrons. The van der Waals surface area contributed by atoms with E-state index in [4.69, 9.17) is 0 Å². The first kappa shape index (κ1) is 20.0. The molecule has 1 aliphatic rings. The minimum atomic E-state index is -4.53. The van der Waals surface area contributed by atoms with Crippen molar-refractivity contribution in [2.24, 2.45) is 0 Å². The van der Waals surface area contributed by atoms with Gasteiger partial charge in [0.1, 0.15) is 18.1 Å². The zero-order chi connectivity index (χ0) is 21.3. The van der Waals surface area contributed by atoms with Gasteiger partial charge in [-0.25, -0.2) is 9.78 Å². The maximum atomic E-state index is 12.7. The third-order valence-corrected chi connectivity index (χ3v) is 5.11. The number of anilines is 1. The highest BCUT2D eigenvalue weighted by molar-refractivity contribution is 5.89. The molecule has 0 spiro atoms. The van der Waals surface area contributed by atoms with Gasteiger partial charge in [-0.05, 0) is 37.1 Å². The van der Waals surface area contributed by atoms with Gasteiger partial charge in [-0.3, -0.25) is 4.79 Å². The number of carbonyl (C=O) groups is 1. The molecule has 3 aromatic rings. The van der Waals surface area contributed by atoms with Crippen LogP contribution < -0.4 is 10.9 Å². The van der Waals surface area contributed by atoms with Crippen molar-refractivity contribution in [3.8, 4) is 0 Å². The van der Waals surface area contributed by atoms with E-state index >= 15 is 0 Å². The van der Waals surface area contributed by atoms with Gasteiger partial charge in [-0.2, -0.15) is 13.2 Å². The van der Waals surface area contributed by atoms with E-state index in [1.165, 1.54) is 12.1 Å². The Bertz CT molecular complexity index is 1090. The number of para-hydroxylation sites is 2. The summed E-state index contributed by atoms with van der Waals surface area (Å²) in [4.78, 5) is 34.4. The van der Waals surface area contributed by atoms with E-state index in [1.54, 1.807) is 4.90 Å². The van der Waals surface area contributed by atoms with Gasteiger partial charge in [0.15, 0.2) is 0 Å². The molecule has 3 heterocycles. The average Bonchev–Trinajstić information content (AvgIpc) is 3.14. The van der Waals surface area contributed by atoms with E-state index in [9.17, 15) is 22.8 Å². The molecule has 0 bridgehead atoms. The van der Waals surface area contributed by atoms with Crippen molar-refractivity contribution in [2.75, 3.05) is 18.4 Å². The molecule has 1 unspecified atom stereocenters. The molecule has 0 saturated carbocycles. The number of imidazole rings is 1. The van der Waals surface area contributed by atoms with Gasteiger partial charge in [0, 0.05) is 25.2 Å². The fourth-order valence-corrected chi connectivity index (χ4v) is 3.69. The lowest BCUT2D eigenvalue weighted by Crippen LogP contribution is -2.43. The molecule has 1 fully saturated rings. The number of halogens is 3.